The molecule has 3 nitrogen and oxygen atoms in total. The first kappa shape index (κ1) is 14.6. The summed E-state index contributed by atoms with van der Waals surface area (Å²) in [7, 11) is 0. The van der Waals surface area contributed by atoms with Crippen LogP contribution in [-0.4, -0.2) is 24.0 Å². The Bertz CT molecular complexity index is 486. The lowest BCUT2D eigenvalue weighted by Gasteiger charge is -2.34. The summed E-state index contributed by atoms with van der Waals surface area (Å²) in [5.74, 6) is 1.18. The number of aryl methyl sites for hydroxylation is 1. The van der Waals surface area contributed by atoms with Crippen molar-refractivity contribution in [1.29, 1.82) is 0 Å². The number of piperidine rings is 1. The molecule has 1 saturated heterocycles. The van der Waals surface area contributed by atoms with Crippen molar-refractivity contribution in [3.63, 3.8) is 0 Å². The molecule has 0 aliphatic carbocycles. The Morgan fingerprint density at radius 1 is 1.25 bits per heavy atom. The molecule has 2 atom stereocenters. The smallest absolute Gasteiger partial charge is 0.321 e. The molecule has 0 spiro atoms. The standard InChI is InChI=1S/C17H24N2O/c1-13-10-14(2)12-19(11-13)17(20)18-9-8-16-7-5-4-6-15(16)3/h4-9,13-14H,10-12H2,1-3H3,(H,18,20)/b9-8+. The topological polar surface area (TPSA) is 32.3 Å². The largest absolute Gasteiger partial charge is 0.324 e. The van der Waals surface area contributed by atoms with Crippen LogP contribution in [0, 0.1) is 18.8 Å². The zero-order valence-electron chi connectivity index (χ0n) is 12.6. The van der Waals surface area contributed by atoms with Crippen LogP contribution >= 0.6 is 0 Å². The maximum atomic E-state index is 12.1. The number of rotatable bonds is 2. The molecule has 0 radical (unpaired) electrons. The number of benzene rings is 1. The Kier molecular flexibility index (Phi) is 4.83. The minimum Gasteiger partial charge on any atom is -0.324 e. The van der Waals surface area contributed by atoms with Gasteiger partial charge in [-0.3, -0.25) is 0 Å². The number of likely N-dealkylation sites (tertiary alicyclic amines) is 1. The van der Waals surface area contributed by atoms with Gasteiger partial charge in [0.15, 0.2) is 0 Å². The Morgan fingerprint density at radius 3 is 2.55 bits per heavy atom. The van der Waals surface area contributed by atoms with Crippen LogP contribution in [0.15, 0.2) is 30.5 Å². The van der Waals surface area contributed by atoms with Gasteiger partial charge >= 0.3 is 6.03 Å². The molecule has 1 heterocycles. The van der Waals surface area contributed by atoms with Gasteiger partial charge in [-0.15, -0.1) is 0 Å². The van der Waals surface area contributed by atoms with Gasteiger partial charge in [0, 0.05) is 19.3 Å². The van der Waals surface area contributed by atoms with Gasteiger partial charge in [0.2, 0.25) is 0 Å². The van der Waals surface area contributed by atoms with Crippen LogP contribution in [0.2, 0.25) is 0 Å². The van der Waals surface area contributed by atoms with E-state index < -0.39 is 0 Å². The normalized spacial score (nSPS) is 23.1. The van der Waals surface area contributed by atoms with E-state index in [1.807, 2.05) is 29.2 Å². The summed E-state index contributed by atoms with van der Waals surface area (Å²) in [5.41, 5.74) is 2.34. The molecule has 1 fully saturated rings. The molecule has 1 aliphatic heterocycles. The number of amides is 2. The van der Waals surface area contributed by atoms with Crippen molar-refractivity contribution in [2.24, 2.45) is 11.8 Å². The third kappa shape index (κ3) is 3.86. The molecular formula is C17H24N2O. The Labute approximate surface area is 121 Å². The minimum atomic E-state index is 0.00762. The molecule has 0 saturated carbocycles. The summed E-state index contributed by atoms with van der Waals surface area (Å²) in [4.78, 5) is 14.0. The predicted molar refractivity (Wildman–Crippen MR) is 83.3 cm³/mol. The number of hydrogen-bond acceptors (Lipinski definition) is 1. The fourth-order valence-corrected chi connectivity index (χ4v) is 2.90. The van der Waals surface area contributed by atoms with Crippen LogP contribution in [0.25, 0.3) is 6.08 Å². The summed E-state index contributed by atoms with van der Waals surface area (Å²) >= 11 is 0. The van der Waals surface area contributed by atoms with Crippen LogP contribution in [0.5, 0.6) is 0 Å². The lowest BCUT2D eigenvalue weighted by atomic mass is 9.92. The molecule has 20 heavy (non-hydrogen) atoms. The van der Waals surface area contributed by atoms with Crippen molar-refractivity contribution in [3.8, 4) is 0 Å². The highest BCUT2D eigenvalue weighted by Gasteiger charge is 2.24. The van der Waals surface area contributed by atoms with Crippen molar-refractivity contribution in [1.82, 2.24) is 10.2 Å². The van der Waals surface area contributed by atoms with E-state index in [1.54, 1.807) is 6.20 Å². The highest BCUT2D eigenvalue weighted by Crippen LogP contribution is 2.20. The van der Waals surface area contributed by atoms with E-state index in [9.17, 15) is 4.79 Å². The maximum absolute atomic E-state index is 12.1. The van der Waals surface area contributed by atoms with Crippen LogP contribution in [0.4, 0.5) is 4.79 Å². The quantitative estimate of drug-likeness (QED) is 0.875. The molecule has 3 heteroatoms. The first-order chi connectivity index (χ1) is 9.56. The van der Waals surface area contributed by atoms with E-state index >= 15 is 0 Å². The third-order valence-corrected chi connectivity index (χ3v) is 3.81. The first-order valence-electron chi connectivity index (χ1n) is 7.34. The molecule has 1 N–H and O–H groups in total. The molecule has 1 aliphatic rings. The Morgan fingerprint density at radius 2 is 1.90 bits per heavy atom. The minimum absolute atomic E-state index is 0.00762. The summed E-state index contributed by atoms with van der Waals surface area (Å²) < 4.78 is 0. The predicted octanol–water partition coefficient (Wildman–Crippen LogP) is 3.65. The average molecular weight is 272 g/mol. The second kappa shape index (κ2) is 6.60. The zero-order chi connectivity index (χ0) is 14.5. The van der Waals surface area contributed by atoms with Gasteiger partial charge in [0.25, 0.3) is 0 Å². The summed E-state index contributed by atoms with van der Waals surface area (Å²) in [6, 6.07) is 8.14. The molecule has 1 aromatic rings. The van der Waals surface area contributed by atoms with E-state index in [1.165, 1.54) is 12.0 Å². The molecular weight excluding hydrogens is 248 g/mol. The Hall–Kier alpha value is -1.77. The van der Waals surface area contributed by atoms with E-state index in [0.717, 1.165) is 18.7 Å². The van der Waals surface area contributed by atoms with Gasteiger partial charge in [-0.05, 0) is 42.4 Å². The van der Waals surface area contributed by atoms with E-state index in [4.69, 9.17) is 0 Å². The third-order valence-electron chi connectivity index (χ3n) is 3.81. The van der Waals surface area contributed by atoms with Gasteiger partial charge in [-0.1, -0.05) is 38.1 Å². The molecule has 1 aromatic carbocycles. The first-order valence-corrected chi connectivity index (χ1v) is 7.34. The molecule has 108 valence electrons. The highest BCUT2D eigenvalue weighted by molar-refractivity contribution is 5.76. The highest BCUT2D eigenvalue weighted by atomic mass is 16.2. The van der Waals surface area contributed by atoms with Gasteiger partial charge in [0.1, 0.15) is 0 Å². The summed E-state index contributed by atoms with van der Waals surface area (Å²) in [5, 5.41) is 2.88. The van der Waals surface area contributed by atoms with E-state index in [-0.39, 0.29) is 6.03 Å². The molecule has 2 amide bonds. The lowest BCUT2D eigenvalue weighted by Crippen LogP contribution is -2.46. The van der Waals surface area contributed by atoms with Crippen LogP contribution < -0.4 is 5.32 Å². The van der Waals surface area contributed by atoms with Gasteiger partial charge in [-0.25, -0.2) is 4.79 Å². The molecule has 0 bridgehead atoms. The maximum Gasteiger partial charge on any atom is 0.321 e. The summed E-state index contributed by atoms with van der Waals surface area (Å²) in [6.07, 6.45) is 4.90. The van der Waals surface area contributed by atoms with Gasteiger partial charge in [-0.2, -0.15) is 0 Å². The summed E-state index contributed by atoms with van der Waals surface area (Å²) in [6.45, 7) is 8.19. The number of nitrogens with one attached hydrogen (secondary N) is 1. The SMILES string of the molecule is Cc1ccccc1/C=C/NC(=O)N1CC(C)CC(C)C1. The second-order valence-electron chi connectivity index (χ2n) is 5.99. The van der Waals surface area contributed by atoms with Crippen LogP contribution in [0.3, 0.4) is 0 Å². The van der Waals surface area contributed by atoms with E-state index in [2.05, 4.69) is 32.2 Å². The molecule has 2 rings (SSSR count). The van der Waals surface area contributed by atoms with Crippen molar-refractivity contribution in [2.75, 3.05) is 13.1 Å². The van der Waals surface area contributed by atoms with E-state index in [0.29, 0.717) is 11.8 Å². The number of carbonyl (C=O) groups excluding carboxylic acids is 1. The van der Waals surface area contributed by atoms with Gasteiger partial charge in [0.05, 0.1) is 0 Å². The second-order valence-corrected chi connectivity index (χ2v) is 5.99. The fourth-order valence-electron chi connectivity index (χ4n) is 2.90. The average Bonchev–Trinajstić information content (AvgIpc) is 2.39. The number of urea groups is 1. The van der Waals surface area contributed by atoms with Crippen LogP contribution in [-0.2, 0) is 0 Å². The van der Waals surface area contributed by atoms with Crippen molar-refractivity contribution >= 4 is 12.1 Å². The molecule has 0 aromatic heterocycles. The lowest BCUT2D eigenvalue weighted by molar-refractivity contribution is 0.149. The zero-order valence-corrected chi connectivity index (χ0v) is 12.6. The molecule has 2 unspecified atom stereocenters. The monoisotopic (exact) mass is 272 g/mol. The fraction of sp³-hybridized carbons (Fsp3) is 0.471. The number of carbonyl (C=O) groups is 1. The Balaban J connectivity index is 1.90. The number of nitrogens with zero attached hydrogens (tertiary/aromatic N) is 1. The van der Waals surface area contributed by atoms with Crippen molar-refractivity contribution in [2.45, 2.75) is 27.2 Å². The van der Waals surface area contributed by atoms with Crippen molar-refractivity contribution in [3.05, 3.63) is 41.6 Å². The van der Waals surface area contributed by atoms with Crippen LogP contribution in [0.1, 0.15) is 31.4 Å². The number of hydrogen-bond donors (Lipinski definition) is 1. The van der Waals surface area contributed by atoms with Crippen molar-refractivity contribution < 1.29 is 4.79 Å². The van der Waals surface area contributed by atoms with Gasteiger partial charge < -0.3 is 10.2 Å².